The second-order valence-electron chi connectivity index (χ2n) is 5.45. The highest BCUT2D eigenvalue weighted by Crippen LogP contribution is 2.30. The molecular formula is C17H21NO. The molecule has 1 atom stereocenters. The lowest BCUT2D eigenvalue weighted by Gasteiger charge is -2.12. The van der Waals surface area contributed by atoms with Gasteiger partial charge in [0.15, 0.2) is 0 Å². The summed E-state index contributed by atoms with van der Waals surface area (Å²) in [6.07, 6.45) is 1.28. The van der Waals surface area contributed by atoms with E-state index in [2.05, 4.69) is 48.3 Å². The first-order chi connectivity index (χ1) is 9.26. The molecule has 0 amide bonds. The van der Waals surface area contributed by atoms with Crippen LogP contribution in [0.3, 0.4) is 0 Å². The second kappa shape index (κ2) is 5.22. The first-order valence-corrected chi connectivity index (χ1v) is 7.11. The van der Waals surface area contributed by atoms with Crippen molar-refractivity contribution in [3.8, 4) is 5.75 Å². The highest BCUT2D eigenvalue weighted by molar-refractivity contribution is 5.84. The number of hydrogen-bond acceptors (Lipinski definition) is 2. The lowest BCUT2D eigenvalue weighted by atomic mass is 9.95. The molecule has 0 aliphatic carbocycles. The fraction of sp³-hybridized carbons (Fsp3) is 0.412. The number of nitrogens with zero attached hydrogens (tertiary/aromatic N) is 1. The molecule has 1 unspecified atom stereocenters. The Balaban J connectivity index is 1.91. The van der Waals surface area contributed by atoms with Gasteiger partial charge in [-0.1, -0.05) is 24.3 Å². The van der Waals surface area contributed by atoms with Crippen LogP contribution in [0.25, 0.3) is 10.8 Å². The zero-order valence-electron chi connectivity index (χ0n) is 11.7. The summed E-state index contributed by atoms with van der Waals surface area (Å²) in [6.45, 7) is 5.14. The third-order valence-electron chi connectivity index (χ3n) is 4.01. The van der Waals surface area contributed by atoms with E-state index in [1.54, 1.807) is 0 Å². The Kier molecular flexibility index (Phi) is 3.43. The summed E-state index contributed by atoms with van der Waals surface area (Å²) >= 11 is 0. The summed E-state index contributed by atoms with van der Waals surface area (Å²) in [5.74, 6) is 1.66. The fourth-order valence-electron chi connectivity index (χ4n) is 2.96. The predicted octanol–water partition coefficient (Wildman–Crippen LogP) is 3.66. The third kappa shape index (κ3) is 2.59. The molecule has 2 nitrogen and oxygen atoms in total. The van der Waals surface area contributed by atoms with E-state index < -0.39 is 0 Å². The molecule has 0 spiro atoms. The summed E-state index contributed by atoms with van der Waals surface area (Å²) in [4.78, 5) is 2.41. The maximum atomic E-state index is 5.55. The summed E-state index contributed by atoms with van der Waals surface area (Å²) in [6, 6.07) is 13.2. The molecule has 0 N–H and O–H groups in total. The smallest absolute Gasteiger partial charge is 0.119 e. The number of fused-ring (bicyclic) bond motifs is 1. The molecule has 0 radical (unpaired) electrons. The number of likely N-dealkylation sites (N-methyl/N-ethyl adjacent to an activating group) is 1. The van der Waals surface area contributed by atoms with E-state index in [0.29, 0.717) is 5.92 Å². The summed E-state index contributed by atoms with van der Waals surface area (Å²) in [5, 5.41) is 2.58. The molecule has 2 heteroatoms. The average Bonchev–Trinajstić information content (AvgIpc) is 2.85. The van der Waals surface area contributed by atoms with Gasteiger partial charge in [-0.05, 0) is 61.3 Å². The van der Waals surface area contributed by atoms with Crippen LogP contribution in [0.1, 0.15) is 24.8 Å². The minimum absolute atomic E-state index is 0.695. The number of hydrogen-bond donors (Lipinski definition) is 0. The van der Waals surface area contributed by atoms with Gasteiger partial charge in [0.2, 0.25) is 0 Å². The van der Waals surface area contributed by atoms with E-state index >= 15 is 0 Å². The molecule has 100 valence electrons. The van der Waals surface area contributed by atoms with Crippen molar-refractivity contribution in [1.82, 2.24) is 4.90 Å². The molecule has 2 aromatic carbocycles. The van der Waals surface area contributed by atoms with E-state index in [-0.39, 0.29) is 0 Å². The minimum Gasteiger partial charge on any atom is -0.494 e. The van der Waals surface area contributed by atoms with Crippen LogP contribution in [-0.4, -0.2) is 31.6 Å². The van der Waals surface area contributed by atoms with Crippen LogP contribution in [0, 0.1) is 0 Å². The zero-order chi connectivity index (χ0) is 13.2. The monoisotopic (exact) mass is 255 g/mol. The van der Waals surface area contributed by atoms with E-state index in [0.717, 1.165) is 12.4 Å². The van der Waals surface area contributed by atoms with E-state index in [9.17, 15) is 0 Å². The average molecular weight is 255 g/mol. The SMILES string of the molecule is CCOc1ccc2cc(C3CCN(C)C3)ccc2c1. The van der Waals surface area contributed by atoms with Crippen LogP contribution in [-0.2, 0) is 0 Å². The maximum Gasteiger partial charge on any atom is 0.119 e. The molecule has 1 aliphatic rings. The van der Waals surface area contributed by atoms with Crippen molar-refractivity contribution in [2.45, 2.75) is 19.3 Å². The molecule has 0 aromatic heterocycles. The standard InChI is InChI=1S/C17H21NO/c1-3-19-17-7-6-13-10-14(4-5-15(13)11-17)16-8-9-18(2)12-16/h4-7,10-11,16H,3,8-9,12H2,1-2H3. The van der Waals surface area contributed by atoms with Gasteiger partial charge in [-0.2, -0.15) is 0 Å². The van der Waals surface area contributed by atoms with Gasteiger partial charge in [0, 0.05) is 6.54 Å². The lowest BCUT2D eigenvalue weighted by molar-refractivity contribution is 0.341. The molecule has 1 saturated heterocycles. The Labute approximate surface area is 115 Å². The molecular weight excluding hydrogens is 234 g/mol. The van der Waals surface area contributed by atoms with E-state index in [4.69, 9.17) is 4.74 Å². The Hall–Kier alpha value is -1.54. The van der Waals surface area contributed by atoms with Crippen LogP contribution in [0.15, 0.2) is 36.4 Å². The molecule has 1 aliphatic heterocycles. The first kappa shape index (κ1) is 12.5. The molecule has 1 fully saturated rings. The van der Waals surface area contributed by atoms with Crippen molar-refractivity contribution in [2.24, 2.45) is 0 Å². The topological polar surface area (TPSA) is 12.5 Å². The third-order valence-corrected chi connectivity index (χ3v) is 4.01. The highest BCUT2D eigenvalue weighted by atomic mass is 16.5. The summed E-state index contributed by atoms with van der Waals surface area (Å²) < 4.78 is 5.55. The van der Waals surface area contributed by atoms with Crippen LogP contribution in [0.4, 0.5) is 0 Å². The largest absolute Gasteiger partial charge is 0.494 e. The van der Waals surface area contributed by atoms with Crippen molar-refractivity contribution in [2.75, 3.05) is 26.7 Å². The van der Waals surface area contributed by atoms with Crippen molar-refractivity contribution in [3.05, 3.63) is 42.0 Å². The van der Waals surface area contributed by atoms with Gasteiger partial charge in [-0.15, -0.1) is 0 Å². The molecule has 0 saturated carbocycles. The molecule has 19 heavy (non-hydrogen) atoms. The van der Waals surface area contributed by atoms with Gasteiger partial charge >= 0.3 is 0 Å². The van der Waals surface area contributed by atoms with Crippen LogP contribution < -0.4 is 4.74 Å². The van der Waals surface area contributed by atoms with E-state index in [1.807, 2.05) is 6.92 Å². The number of likely N-dealkylation sites (tertiary alicyclic amines) is 1. The quantitative estimate of drug-likeness (QED) is 0.830. The number of benzene rings is 2. The Morgan fingerprint density at radius 1 is 1.16 bits per heavy atom. The van der Waals surface area contributed by atoms with Crippen molar-refractivity contribution < 1.29 is 4.74 Å². The Morgan fingerprint density at radius 3 is 2.68 bits per heavy atom. The predicted molar refractivity (Wildman–Crippen MR) is 80.0 cm³/mol. The minimum atomic E-state index is 0.695. The Bertz CT molecular complexity index is 578. The van der Waals surface area contributed by atoms with Crippen molar-refractivity contribution in [3.63, 3.8) is 0 Å². The molecule has 3 rings (SSSR count). The van der Waals surface area contributed by atoms with E-state index in [1.165, 1.54) is 35.8 Å². The van der Waals surface area contributed by atoms with Gasteiger partial charge < -0.3 is 9.64 Å². The summed E-state index contributed by atoms with van der Waals surface area (Å²) in [7, 11) is 2.20. The molecule has 1 heterocycles. The van der Waals surface area contributed by atoms with Crippen LogP contribution >= 0.6 is 0 Å². The van der Waals surface area contributed by atoms with Gasteiger partial charge in [0.05, 0.1) is 6.61 Å². The summed E-state index contributed by atoms with van der Waals surface area (Å²) in [5.41, 5.74) is 1.47. The first-order valence-electron chi connectivity index (χ1n) is 7.11. The normalized spacial score (nSPS) is 20.0. The zero-order valence-corrected chi connectivity index (χ0v) is 11.7. The van der Waals surface area contributed by atoms with Crippen LogP contribution in [0.5, 0.6) is 5.75 Å². The van der Waals surface area contributed by atoms with Crippen molar-refractivity contribution in [1.29, 1.82) is 0 Å². The van der Waals surface area contributed by atoms with Crippen LogP contribution in [0.2, 0.25) is 0 Å². The lowest BCUT2D eigenvalue weighted by Crippen LogP contribution is -2.13. The maximum absolute atomic E-state index is 5.55. The Morgan fingerprint density at radius 2 is 1.95 bits per heavy atom. The van der Waals surface area contributed by atoms with Gasteiger partial charge in [0.25, 0.3) is 0 Å². The second-order valence-corrected chi connectivity index (χ2v) is 5.45. The molecule has 0 bridgehead atoms. The molecule has 2 aromatic rings. The van der Waals surface area contributed by atoms with Gasteiger partial charge in [0.1, 0.15) is 5.75 Å². The number of ether oxygens (including phenoxy) is 1. The van der Waals surface area contributed by atoms with Gasteiger partial charge in [-0.25, -0.2) is 0 Å². The van der Waals surface area contributed by atoms with Crippen molar-refractivity contribution >= 4 is 10.8 Å². The fourth-order valence-corrected chi connectivity index (χ4v) is 2.96. The highest BCUT2D eigenvalue weighted by Gasteiger charge is 2.20. The number of rotatable bonds is 3. The van der Waals surface area contributed by atoms with Gasteiger partial charge in [-0.3, -0.25) is 0 Å².